The lowest BCUT2D eigenvalue weighted by Crippen LogP contribution is -2.39. The van der Waals surface area contributed by atoms with E-state index >= 15 is 0 Å². The van der Waals surface area contributed by atoms with E-state index in [2.05, 4.69) is 5.10 Å². The number of aryl methyl sites for hydroxylation is 2. The molecule has 8 nitrogen and oxygen atoms in total. The lowest BCUT2D eigenvalue weighted by atomic mass is 9.99. The average molecular weight is 474 g/mol. The van der Waals surface area contributed by atoms with Crippen molar-refractivity contribution in [1.82, 2.24) is 24.1 Å². The number of benzene rings is 1. The molecule has 34 heavy (non-hydrogen) atoms. The zero-order chi connectivity index (χ0) is 24.0. The largest absolute Gasteiger partial charge is 0.400 e. The van der Waals surface area contributed by atoms with E-state index in [0.29, 0.717) is 47.3 Å². The van der Waals surface area contributed by atoms with Gasteiger partial charge in [0.1, 0.15) is 16.5 Å². The van der Waals surface area contributed by atoms with Crippen molar-refractivity contribution in [3.8, 4) is 22.4 Å². The summed E-state index contributed by atoms with van der Waals surface area (Å²) in [6, 6.07) is 11.5. The summed E-state index contributed by atoms with van der Waals surface area (Å²) < 4.78 is 3.57. The molecule has 0 spiro atoms. The van der Waals surface area contributed by atoms with Crippen molar-refractivity contribution in [3.63, 3.8) is 0 Å². The Morgan fingerprint density at radius 2 is 1.97 bits per heavy atom. The first-order valence-electron chi connectivity index (χ1n) is 10.9. The lowest BCUT2D eigenvalue weighted by Gasteiger charge is -2.28. The highest BCUT2D eigenvalue weighted by molar-refractivity contribution is 6.32. The summed E-state index contributed by atoms with van der Waals surface area (Å²) in [6.07, 6.45) is 5.60. The van der Waals surface area contributed by atoms with E-state index in [0.717, 1.165) is 28.0 Å². The predicted octanol–water partition coefficient (Wildman–Crippen LogP) is 4.07. The number of nitrogens with zero attached hydrogens (tertiary/aromatic N) is 5. The highest BCUT2D eigenvalue weighted by atomic mass is 35.5. The highest BCUT2D eigenvalue weighted by Crippen LogP contribution is 2.37. The van der Waals surface area contributed by atoms with Gasteiger partial charge in [0.25, 0.3) is 5.91 Å². The van der Waals surface area contributed by atoms with Crippen molar-refractivity contribution in [2.24, 2.45) is 12.8 Å². The van der Waals surface area contributed by atoms with Crippen LogP contribution in [0.2, 0.25) is 5.15 Å². The molecule has 4 heterocycles. The minimum atomic E-state index is -0.124. The molecule has 1 aromatic carbocycles. The Kier molecular flexibility index (Phi) is 5.45. The molecule has 5 rings (SSSR count). The first-order valence-corrected chi connectivity index (χ1v) is 11.3. The number of nitrogens with two attached hydrogens (primary N) is 1. The van der Waals surface area contributed by atoms with Crippen LogP contribution in [-0.2, 0) is 7.05 Å². The van der Waals surface area contributed by atoms with Crippen molar-refractivity contribution >= 4 is 29.4 Å². The predicted molar refractivity (Wildman–Crippen MR) is 133 cm³/mol. The smallest absolute Gasteiger partial charge is 0.254 e. The topological polar surface area (TPSA) is 105 Å². The molecule has 3 aromatic heterocycles. The van der Waals surface area contributed by atoms with E-state index in [1.165, 1.54) is 6.21 Å². The van der Waals surface area contributed by atoms with Crippen LogP contribution >= 0.6 is 11.6 Å². The maximum Gasteiger partial charge on any atom is 0.254 e. The maximum absolute atomic E-state index is 13.1. The molecule has 172 valence electrons. The summed E-state index contributed by atoms with van der Waals surface area (Å²) in [5, 5.41) is 12.4. The van der Waals surface area contributed by atoms with Crippen molar-refractivity contribution < 1.29 is 4.79 Å². The highest BCUT2D eigenvalue weighted by Gasteiger charge is 2.23. The molecular weight excluding hydrogens is 450 g/mol. The molecule has 0 fully saturated rings. The Morgan fingerprint density at radius 3 is 2.65 bits per heavy atom. The minimum Gasteiger partial charge on any atom is -0.400 e. The number of fused-ring (bicyclic) bond motifs is 1. The molecule has 0 saturated carbocycles. The van der Waals surface area contributed by atoms with Gasteiger partial charge in [-0.1, -0.05) is 35.9 Å². The average Bonchev–Trinajstić information content (AvgIpc) is 3.35. The molecule has 9 heteroatoms. The third-order valence-electron chi connectivity index (χ3n) is 6.19. The molecule has 1 amide bonds. The summed E-state index contributed by atoms with van der Waals surface area (Å²) in [6.45, 7) is 2.81. The summed E-state index contributed by atoms with van der Waals surface area (Å²) in [5.41, 5.74) is 13.0. The van der Waals surface area contributed by atoms with Gasteiger partial charge in [0.15, 0.2) is 0 Å². The number of nitrogens with one attached hydrogen (secondary N) is 1. The second kappa shape index (κ2) is 8.46. The van der Waals surface area contributed by atoms with E-state index in [9.17, 15) is 4.79 Å². The third kappa shape index (κ3) is 3.66. The monoisotopic (exact) mass is 473 g/mol. The summed E-state index contributed by atoms with van der Waals surface area (Å²) >= 11 is 6.77. The van der Waals surface area contributed by atoms with E-state index in [-0.39, 0.29) is 5.91 Å². The van der Waals surface area contributed by atoms with Crippen molar-refractivity contribution in [1.29, 1.82) is 5.41 Å². The maximum atomic E-state index is 13.1. The standard InChI is InChI=1S/C25H24ClN7O/c1-15-20(13-31(2)30-15)18-5-3-4-6-19(18)23-24(26)33-10-8-16(11-22(33)29-23)25(34)32-9-7-17(12-27)21(28)14-32/h3-6,8,10-13,27H,7,9,14,28H2,1-2H3. The van der Waals surface area contributed by atoms with Gasteiger partial charge in [-0.05, 0) is 36.6 Å². The van der Waals surface area contributed by atoms with E-state index in [1.54, 1.807) is 32.3 Å². The van der Waals surface area contributed by atoms with Crippen LogP contribution in [0.25, 0.3) is 28.0 Å². The SMILES string of the molecule is Cc1nn(C)cc1-c1ccccc1-c1nc2cc(C(=O)N3CCC(C=N)=C(N)C3)ccn2c1Cl. The Labute approximate surface area is 201 Å². The number of hydrogen-bond acceptors (Lipinski definition) is 5. The number of carbonyl (C=O) groups excluding carboxylic acids is 1. The Hall–Kier alpha value is -3.91. The molecule has 4 aromatic rings. The summed E-state index contributed by atoms with van der Waals surface area (Å²) in [5.74, 6) is -0.124. The van der Waals surface area contributed by atoms with Crippen LogP contribution in [0.15, 0.2) is 60.1 Å². The number of amides is 1. The van der Waals surface area contributed by atoms with Crippen LogP contribution in [0, 0.1) is 12.3 Å². The number of rotatable bonds is 4. The molecule has 0 aliphatic carbocycles. The molecule has 0 saturated heterocycles. The fraction of sp³-hybridized carbons (Fsp3) is 0.200. The van der Waals surface area contributed by atoms with Gasteiger partial charge in [0.2, 0.25) is 0 Å². The quantitative estimate of drug-likeness (QED) is 0.436. The zero-order valence-electron chi connectivity index (χ0n) is 18.9. The van der Waals surface area contributed by atoms with Crippen LogP contribution in [0.3, 0.4) is 0 Å². The number of imidazole rings is 1. The van der Waals surface area contributed by atoms with Crippen molar-refractivity contribution in [2.75, 3.05) is 13.1 Å². The fourth-order valence-corrected chi connectivity index (χ4v) is 4.72. The second-order valence-corrected chi connectivity index (χ2v) is 8.77. The molecule has 1 aliphatic heterocycles. The Bertz CT molecular complexity index is 1480. The van der Waals surface area contributed by atoms with Gasteiger partial charge < -0.3 is 16.0 Å². The van der Waals surface area contributed by atoms with Crippen LogP contribution in [0.4, 0.5) is 0 Å². The molecule has 0 radical (unpaired) electrons. The zero-order valence-corrected chi connectivity index (χ0v) is 19.7. The first-order chi connectivity index (χ1) is 16.4. The van der Waals surface area contributed by atoms with Crippen LogP contribution in [0.5, 0.6) is 0 Å². The lowest BCUT2D eigenvalue weighted by molar-refractivity contribution is 0.0764. The molecular formula is C25H24ClN7O. The molecule has 0 unspecified atom stereocenters. The number of aromatic nitrogens is 4. The van der Waals surface area contributed by atoms with E-state index in [1.807, 2.05) is 44.4 Å². The second-order valence-electron chi connectivity index (χ2n) is 8.41. The Morgan fingerprint density at radius 1 is 1.21 bits per heavy atom. The van der Waals surface area contributed by atoms with Crippen LogP contribution < -0.4 is 5.73 Å². The normalized spacial score (nSPS) is 14.1. The minimum absolute atomic E-state index is 0.124. The third-order valence-corrected chi connectivity index (χ3v) is 6.55. The van der Waals surface area contributed by atoms with Gasteiger partial charge in [-0.3, -0.25) is 13.9 Å². The van der Waals surface area contributed by atoms with Gasteiger partial charge in [0, 0.05) is 54.6 Å². The number of hydrogen-bond donors (Lipinski definition) is 2. The summed E-state index contributed by atoms with van der Waals surface area (Å²) in [4.78, 5) is 19.6. The first kappa shape index (κ1) is 21.9. The van der Waals surface area contributed by atoms with E-state index < -0.39 is 0 Å². The molecule has 3 N–H and O–H groups in total. The van der Waals surface area contributed by atoms with Crippen molar-refractivity contribution in [2.45, 2.75) is 13.3 Å². The summed E-state index contributed by atoms with van der Waals surface area (Å²) in [7, 11) is 1.90. The molecule has 0 bridgehead atoms. The number of pyridine rings is 1. The van der Waals surface area contributed by atoms with E-state index in [4.69, 9.17) is 27.7 Å². The van der Waals surface area contributed by atoms with Gasteiger partial charge in [-0.25, -0.2) is 4.98 Å². The number of carbonyl (C=O) groups is 1. The van der Waals surface area contributed by atoms with Gasteiger partial charge >= 0.3 is 0 Å². The van der Waals surface area contributed by atoms with Crippen LogP contribution in [-0.4, -0.2) is 49.3 Å². The van der Waals surface area contributed by atoms with Gasteiger partial charge in [-0.2, -0.15) is 5.10 Å². The van der Waals surface area contributed by atoms with Crippen molar-refractivity contribution in [3.05, 3.63) is 76.5 Å². The molecule has 0 atom stereocenters. The van der Waals surface area contributed by atoms with Crippen LogP contribution in [0.1, 0.15) is 22.5 Å². The Balaban J connectivity index is 1.54. The van der Waals surface area contributed by atoms with Gasteiger partial charge in [-0.15, -0.1) is 0 Å². The number of halogens is 1. The molecule has 1 aliphatic rings. The fourth-order valence-electron chi connectivity index (χ4n) is 4.43. The van der Waals surface area contributed by atoms with Gasteiger partial charge in [0.05, 0.1) is 12.2 Å².